The molecule has 0 unspecified atom stereocenters. The van der Waals surface area contributed by atoms with Gasteiger partial charge in [-0.3, -0.25) is 4.99 Å². The summed E-state index contributed by atoms with van der Waals surface area (Å²) in [6.07, 6.45) is 7.48. The fourth-order valence-electron chi connectivity index (χ4n) is 2.85. The average Bonchev–Trinajstić information content (AvgIpc) is 3.19. The van der Waals surface area contributed by atoms with Crippen molar-refractivity contribution in [1.29, 1.82) is 0 Å². The van der Waals surface area contributed by atoms with Crippen LogP contribution in [0.3, 0.4) is 0 Å². The zero-order valence-corrected chi connectivity index (χ0v) is 14.0. The maximum Gasteiger partial charge on any atom is 0.191 e. The Morgan fingerprint density at radius 3 is 2.83 bits per heavy atom. The number of nitrogens with one attached hydrogen (secondary N) is 2. The summed E-state index contributed by atoms with van der Waals surface area (Å²) in [5, 5.41) is 6.57. The number of guanidine groups is 1. The van der Waals surface area contributed by atoms with E-state index in [9.17, 15) is 4.39 Å². The molecule has 1 fully saturated rings. The molecule has 24 heavy (non-hydrogen) atoms. The lowest BCUT2D eigenvalue weighted by atomic mass is 9.95. The van der Waals surface area contributed by atoms with Crippen molar-refractivity contribution in [3.8, 4) is 0 Å². The van der Waals surface area contributed by atoms with E-state index in [1.807, 2.05) is 29.8 Å². The van der Waals surface area contributed by atoms with Crippen LogP contribution in [0.2, 0.25) is 0 Å². The monoisotopic (exact) mass is 329 g/mol. The summed E-state index contributed by atoms with van der Waals surface area (Å²) in [5.74, 6) is 0.656. The van der Waals surface area contributed by atoms with Crippen molar-refractivity contribution in [3.05, 3.63) is 54.4 Å². The lowest BCUT2D eigenvalue weighted by Crippen LogP contribution is -2.39. The van der Waals surface area contributed by atoms with Gasteiger partial charge < -0.3 is 15.2 Å². The number of aliphatic imine (C=N–C) groups is 1. The van der Waals surface area contributed by atoms with Gasteiger partial charge in [0.25, 0.3) is 0 Å². The standard InChI is InChI=1S/C18H24FN5/c1-2-21-17(22-10-12-24-11-9-20-14-24)23-13-18(7-8-18)15-5-3-4-6-16(15)19/h3-6,9,11,14H,2,7-8,10,12-13H2,1H3,(H2,21,22,23). The Morgan fingerprint density at radius 1 is 1.33 bits per heavy atom. The predicted octanol–water partition coefficient (Wildman–Crippen LogP) is 2.31. The summed E-state index contributed by atoms with van der Waals surface area (Å²) in [6.45, 7) is 5.02. The molecule has 1 aromatic carbocycles. The molecule has 0 spiro atoms. The molecule has 0 amide bonds. The Kier molecular flexibility index (Phi) is 5.13. The van der Waals surface area contributed by atoms with E-state index in [0.717, 1.165) is 44.0 Å². The van der Waals surface area contributed by atoms with Gasteiger partial charge in [0, 0.05) is 37.4 Å². The van der Waals surface area contributed by atoms with Crippen LogP contribution in [-0.2, 0) is 12.0 Å². The molecular weight excluding hydrogens is 305 g/mol. The largest absolute Gasteiger partial charge is 0.357 e. The van der Waals surface area contributed by atoms with Crippen molar-refractivity contribution in [2.24, 2.45) is 4.99 Å². The average molecular weight is 329 g/mol. The van der Waals surface area contributed by atoms with Crippen LogP contribution in [0.4, 0.5) is 4.39 Å². The van der Waals surface area contributed by atoms with Crippen LogP contribution in [0.1, 0.15) is 25.3 Å². The highest BCUT2D eigenvalue weighted by atomic mass is 19.1. The van der Waals surface area contributed by atoms with E-state index in [4.69, 9.17) is 0 Å². The fraction of sp³-hybridized carbons (Fsp3) is 0.444. The van der Waals surface area contributed by atoms with Crippen LogP contribution in [0, 0.1) is 5.82 Å². The molecule has 3 rings (SSSR count). The Morgan fingerprint density at radius 2 is 2.17 bits per heavy atom. The molecule has 0 atom stereocenters. The van der Waals surface area contributed by atoms with Gasteiger partial charge in [-0.05, 0) is 31.4 Å². The van der Waals surface area contributed by atoms with Crippen molar-refractivity contribution >= 4 is 5.96 Å². The number of nitrogens with zero attached hydrogens (tertiary/aromatic N) is 3. The Balaban J connectivity index is 1.60. The summed E-state index contributed by atoms with van der Waals surface area (Å²) in [4.78, 5) is 8.72. The molecule has 1 aliphatic rings. The molecule has 1 aliphatic carbocycles. The molecule has 2 aromatic rings. The minimum atomic E-state index is -0.127. The third kappa shape index (κ3) is 3.93. The predicted molar refractivity (Wildman–Crippen MR) is 93.5 cm³/mol. The molecule has 0 aliphatic heterocycles. The van der Waals surface area contributed by atoms with Crippen LogP contribution >= 0.6 is 0 Å². The van der Waals surface area contributed by atoms with Gasteiger partial charge in [0.15, 0.2) is 5.96 Å². The summed E-state index contributed by atoms with van der Waals surface area (Å²) < 4.78 is 16.1. The third-order valence-electron chi connectivity index (χ3n) is 4.40. The molecule has 0 saturated heterocycles. The minimum absolute atomic E-state index is 0.122. The highest BCUT2D eigenvalue weighted by Gasteiger charge is 2.45. The van der Waals surface area contributed by atoms with Crippen molar-refractivity contribution in [2.75, 3.05) is 19.6 Å². The van der Waals surface area contributed by atoms with Gasteiger partial charge in [0.2, 0.25) is 0 Å². The molecule has 1 heterocycles. The van der Waals surface area contributed by atoms with Gasteiger partial charge in [-0.25, -0.2) is 9.37 Å². The molecule has 128 valence electrons. The lowest BCUT2D eigenvalue weighted by Gasteiger charge is -2.16. The first-order valence-electron chi connectivity index (χ1n) is 8.46. The van der Waals surface area contributed by atoms with E-state index in [1.165, 1.54) is 6.07 Å². The van der Waals surface area contributed by atoms with Crippen LogP contribution in [0.15, 0.2) is 48.0 Å². The number of hydrogen-bond donors (Lipinski definition) is 2. The van der Waals surface area contributed by atoms with Gasteiger partial charge in [0.1, 0.15) is 5.82 Å². The number of imidazole rings is 1. The molecule has 1 aromatic heterocycles. The van der Waals surface area contributed by atoms with Gasteiger partial charge in [-0.15, -0.1) is 0 Å². The van der Waals surface area contributed by atoms with Crippen molar-refractivity contribution < 1.29 is 4.39 Å². The maximum atomic E-state index is 14.1. The number of halogens is 1. The van der Waals surface area contributed by atoms with E-state index in [1.54, 1.807) is 18.6 Å². The van der Waals surface area contributed by atoms with Crippen molar-refractivity contribution in [2.45, 2.75) is 31.7 Å². The molecule has 6 heteroatoms. The van der Waals surface area contributed by atoms with Crippen molar-refractivity contribution in [3.63, 3.8) is 0 Å². The highest BCUT2D eigenvalue weighted by Crippen LogP contribution is 2.49. The van der Waals surface area contributed by atoms with Gasteiger partial charge in [-0.2, -0.15) is 0 Å². The van der Waals surface area contributed by atoms with E-state index in [0.29, 0.717) is 6.54 Å². The number of rotatable bonds is 7. The summed E-state index contributed by atoms with van der Waals surface area (Å²) in [7, 11) is 0. The second kappa shape index (κ2) is 7.47. The van der Waals surface area contributed by atoms with E-state index in [2.05, 4.69) is 20.6 Å². The lowest BCUT2D eigenvalue weighted by molar-refractivity contribution is 0.571. The first kappa shape index (κ1) is 16.5. The van der Waals surface area contributed by atoms with E-state index >= 15 is 0 Å². The zero-order valence-electron chi connectivity index (χ0n) is 14.0. The van der Waals surface area contributed by atoms with E-state index < -0.39 is 0 Å². The fourth-order valence-corrected chi connectivity index (χ4v) is 2.85. The second-order valence-corrected chi connectivity index (χ2v) is 6.18. The highest BCUT2D eigenvalue weighted by molar-refractivity contribution is 5.79. The first-order chi connectivity index (χ1) is 11.7. The molecule has 0 radical (unpaired) electrons. The normalized spacial score (nSPS) is 16.0. The van der Waals surface area contributed by atoms with Crippen LogP contribution < -0.4 is 10.6 Å². The number of aromatic nitrogens is 2. The number of hydrogen-bond acceptors (Lipinski definition) is 2. The Labute approximate surface area is 142 Å². The van der Waals surface area contributed by atoms with Gasteiger partial charge in [0.05, 0.1) is 12.9 Å². The second-order valence-electron chi connectivity index (χ2n) is 6.18. The Bertz CT molecular complexity index is 676. The topological polar surface area (TPSA) is 54.2 Å². The molecule has 5 nitrogen and oxygen atoms in total. The van der Waals surface area contributed by atoms with E-state index in [-0.39, 0.29) is 11.2 Å². The van der Waals surface area contributed by atoms with Crippen LogP contribution in [0.5, 0.6) is 0 Å². The maximum absolute atomic E-state index is 14.1. The van der Waals surface area contributed by atoms with Crippen LogP contribution in [-0.4, -0.2) is 35.1 Å². The Hall–Kier alpha value is -2.37. The molecule has 2 N–H and O–H groups in total. The molecule has 1 saturated carbocycles. The van der Waals surface area contributed by atoms with Gasteiger partial charge in [-0.1, -0.05) is 18.2 Å². The summed E-state index contributed by atoms with van der Waals surface area (Å²) in [5.41, 5.74) is 0.668. The zero-order chi connectivity index (χ0) is 16.8. The minimum Gasteiger partial charge on any atom is -0.357 e. The van der Waals surface area contributed by atoms with Gasteiger partial charge >= 0.3 is 0 Å². The first-order valence-corrected chi connectivity index (χ1v) is 8.46. The van der Waals surface area contributed by atoms with Crippen LogP contribution in [0.25, 0.3) is 0 Å². The SMILES string of the molecule is CCNC(=NCC1(c2ccccc2F)CC1)NCCn1ccnc1. The molecular formula is C18H24FN5. The summed E-state index contributed by atoms with van der Waals surface area (Å²) >= 11 is 0. The van der Waals surface area contributed by atoms with Crippen molar-refractivity contribution in [1.82, 2.24) is 20.2 Å². The number of benzene rings is 1. The summed E-state index contributed by atoms with van der Waals surface area (Å²) in [6, 6.07) is 7.06. The smallest absolute Gasteiger partial charge is 0.191 e. The quantitative estimate of drug-likeness (QED) is 0.605. The molecule has 0 bridgehead atoms. The third-order valence-corrected chi connectivity index (χ3v) is 4.40.